The number of benzene rings is 1. The molecule has 0 spiro atoms. The highest BCUT2D eigenvalue weighted by atomic mass is 16.5. The Labute approximate surface area is 123 Å². The molecule has 0 heterocycles. The molecule has 2 nitrogen and oxygen atoms in total. The van der Waals surface area contributed by atoms with Crippen LogP contribution in [-0.2, 0) is 5.60 Å². The lowest BCUT2D eigenvalue weighted by atomic mass is 9.72. The molecule has 20 heavy (non-hydrogen) atoms. The number of ether oxygens (including phenoxy) is 1. The van der Waals surface area contributed by atoms with Crippen LogP contribution in [0, 0.1) is 11.8 Å². The molecule has 0 aromatic heterocycles. The first-order valence-corrected chi connectivity index (χ1v) is 7.91. The molecule has 0 unspecified atom stereocenters. The fourth-order valence-electron chi connectivity index (χ4n) is 3.26. The van der Waals surface area contributed by atoms with Gasteiger partial charge in [0.25, 0.3) is 0 Å². The second-order valence-corrected chi connectivity index (χ2v) is 6.78. The Morgan fingerprint density at radius 1 is 1.10 bits per heavy atom. The molecule has 0 bridgehead atoms. The lowest BCUT2D eigenvalue weighted by molar-refractivity contribution is -0.0224. The summed E-state index contributed by atoms with van der Waals surface area (Å²) in [7, 11) is 0. The van der Waals surface area contributed by atoms with E-state index in [0.29, 0.717) is 5.92 Å². The van der Waals surface area contributed by atoms with Crippen LogP contribution >= 0.6 is 0 Å². The largest absolute Gasteiger partial charge is 0.491 e. The maximum Gasteiger partial charge on any atom is 0.125 e. The van der Waals surface area contributed by atoms with Gasteiger partial charge in [-0.1, -0.05) is 32.0 Å². The average Bonchev–Trinajstić information content (AvgIpc) is 2.39. The van der Waals surface area contributed by atoms with Crippen molar-refractivity contribution in [3.05, 3.63) is 29.8 Å². The predicted molar refractivity (Wildman–Crippen MR) is 82.9 cm³/mol. The summed E-state index contributed by atoms with van der Waals surface area (Å²) in [6, 6.07) is 7.97. The van der Waals surface area contributed by atoms with Gasteiger partial charge < -0.3 is 9.84 Å². The van der Waals surface area contributed by atoms with Crippen LogP contribution in [0.5, 0.6) is 5.75 Å². The van der Waals surface area contributed by atoms with Crippen molar-refractivity contribution in [2.75, 3.05) is 0 Å². The molecule has 1 aliphatic rings. The van der Waals surface area contributed by atoms with Gasteiger partial charge in [0.2, 0.25) is 0 Å². The van der Waals surface area contributed by atoms with E-state index >= 15 is 0 Å². The Kier molecular flexibility index (Phi) is 4.74. The molecule has 1 saturated carbocycles. The van der Waals surface area contributed by atoms with E-state index in [-0.39, 0.29) is 6.10 Å². The van der Waals surface area contributed by atoms with Gasteiger partial charge in [0.05, 0.1) is 11.7 Å². The molecule has 2 rings (SSSR count). The Bertz CT molecular complexity index is 429. The van der Waals surface area contributed by atoms with Gasteiger partial charge >= 0.3 is 0 Å². The molecule has 0 atom stereocenters. The number of para-hydroxylation sites is 1. The summed E-state index contributed by atoms with van der Waals surface area (Å²) >= 11 is 0. The molecule has 2 heteroatoms. The first kappa shape index (κ1) is 15.4. The van der Waals surface area contributed by atoms with Gasteiger partial charge in [0.1, 0.15) is 5.75 Å². The number of hydrogen-bond donors (Lipinski definition) is 1. The molecule has 0 amide bonds. The summed E-state index contributed by atoms with van der Waals surface area (Å²) in [6.07, 6.45) is 4.02. The zero-order chi connectivity index (χ0) is 14.8. The van der Waals surface area contributed by atoms with Crippen molar-refractivity contribution in [2.24, 2.45) is 11.8 Å². The molecule has 1 aromatic carbocycles. The summed E-state index contributed by atoms with van der Waals surface area (Å²) in [5.74, 6) is 2.29. The third-order valence-corrected chi connectivity index (χ3v) is 4.55. The summed E-state index contributed by atoms with van der Waals surface area (Å²) in [4.78, 5) is 0. The molecule has 0 radical (unpaired) electrons. The quantitative estimate of drug-likeness (QED) is 0.877. The van der Waals surface area contributed by atoms with Gasteiger partial charge in [-0.15, -0.1) is 0 Å². The Hall–Kier alpha value is -1.02. The molecular weight excluding hydrogens is 248 g/mol. The van der Waals surface area contributed by atoms with E-state index in [1.165, 1.54) is 0 Å². The van der Waals surface area contributed by atoms with Crippen LogP contribution < -0.4 is 4.74 Å². The van der Waals surface area contributed by atoms with Crippen LogP contribution in [0.3, 0.4) is 0 Å². The van der Waals surface area contributed by atoms with E-state index < -0.39 is 5.60 Å². The Morgan fingerprint density at radius 3 is 2.25 bits per heavy atom. The standard InChI is InChI=1S/C18H28O2/c1-13(2)15-9-11-18(19,12-10-15)16-7-5-6-8-17(16)20-14(3)4/h5-8,13-15,19H,9-12H2,1-4H3. The van der Waals surface area contributed by atoms with Gasteiger partial charge in [-0.2, -0.15) is 0 Å². The predicted octanol–water partition coefficient (Wildman–Crippen LogP) is 4.51. The summed E-state index contributed by atoms with van der Waals surface area (Å²) in [5, 5.41) is 11.1. The molecule has 1 aliphatic carbocycles. The van der Waals surface area contributed by atoms with E-state index in [9.17, 15) is 5.11 Å². The fourth-order valence-corrected chi connectivity index (χ4v) is 3.26. The van der Waals surface area contributed by atoms with Crippen molar-refractivity contribution in [3.8, 4) is 5.75 Å². The van der Waals surface area contributed by atoms with E-state index in [2.05, 4.69) is 13.8 Å². The minimum atomic E-state index is -0.711. The lowest BCUT2D eigenvalue weighted by Crippen LogP contribution is -2.33. The van der Waals surface area contributed by atoms with Gasteiger partial charge in [0.15, 0.2) is 0 Å². The molecule has 1 aromatic rings. The normalized spacial score (nSPS) is 27.1. The fraction of sp³-hybridized carbons (Fsp3) is 0.667. The average molecular weight is 276 g/mol. The maximum absolute atomic E-state index is 11.1. The van der Waals surface area contributed by atoms with E-state index in [1.54, 1.807) is 0 Å². The van der Waals surface area contributed by atoms with E-state index in [0.717, 1.165) is 42.9 Å². The van der Waals surface area contributed by atoms with Crippen molar-refractivity contribution in [1.82, 2.24) is 0 Å². The second kappa shape index (κ2) is 6.17. The third kappa shape index (κ3) is 3.35. The Morgan fingerprint density at radius 2 is 1.70 bits per heavy atom. The van der Waals surface area contributed by atoms with Crippen LogP contribution in [0.1, 0.15) is 58.9 Å². The minimum Gasteiger partial charge on any atom is -0.491 e. The highest BCUT2D eigenvalue weighted by molar-refractivity contribution is 5.38. The molecule has 1 fully saturated rings. The lowest BCUT2D eigenvalue weighted by Gasteiger charge is -2.38. The van der Waals surface area contributed by atoms with Crippen LogP contribution in [0.15, 0.2) is 24.3 Å². The monoisotopic (exact) mass is 276 g/mol. The highest BCUT2D eigenvalue weighted by Gasteiger charge is 2.37. The summed E-state index contributed by atoms with van der Waals surface area (Å²) in [5.41, 5.74) is 0.257. The summed E-state index contributed by atoms with van der Waals surface area (Å²) < 4.78 is 5.88. The number of aliphatic hydroxyl groups is 1. The third-order valence-electron chi connectivity index (χ3n) is 4.55. The molecule has 0 saturated heterocycles. The van der Waals surface area contributed by atoms with Crippen LogP contribution in [0.2, 0.25) is 0 Å². The SMILES string of the molecule is CC(C)Oc1ccccc1C1(O)CCC(C(C)C)CC1. The first-order chi connectivity index (χ1) is 9.42. The number of rotatable bonds is 4. The molecular formula is C18H28O2. The smallest absolute Gasteiger partial charge is 0.125 e. The zero-order valence-corrected chi connectivity index (χ0v) is 13.2. The van der Waals surface area contributed by atoms with Gasteiger partial charge in [-0.05, 0) is 57.4 Å². The van der Waals surface area contributed by atoms with Gasteiger partial charge in [-0.3, -0.25) is 0 Å². The number of hydrogen-bond acceptors (Lipinski definition) is 2. The van der Waals surface area contributed by atoms with Gasteiger partial charge in [0, 0.05) is 5.56 Å². The van der Waals surface area contributed by atoms with Gasteiger partial charge in [-0.25, -0.2) is 0 Å². The minimum absolute atomic E-state index is 0.131. The van der Waals surface area contributed by atoms with Crippen molar-refractivity contribution in [1.29, 1.82) is 0 Å². The van der Waals surface area contributed by atoms with Crippen LogP contribution in [0.25, 0.3) is 0 Å². The highest BCUT2D eigenvalue weighted by Crippen LogP contribution is 2.44. The summed E-state index contributed by atoms with van der Waals surface area (Å²) in [6.45, 7) is 8.61. The first-order valence-electron chi connectivity index (χ1n) is 7.91. The topological polar surface area (TPSA) is 29.5 Å². The molecule has 1 N–H and O–H groups in total. The van der Waals surface area contributed by atoms with Crippen LogP contribution in [-0.4, -0.2) is 11.2 Å². The van der Waals surface area contributed by atoms with E-state index in [1.807, 2.05) is 38.1 Å². The van der Waals surface area contributed by atoms with Crippen molar-refractivity contribution < 1.29 is 9.84 Å². The van der Waals surface area contributed by atoms with Crippen molar-refractivity contribution in [2.45, 2.75) is 65.1 Å². The Balaban J connectivity index is 2.19. The van der Waals surface area contributed by atoms with Crippen molar-refractivity contribution >= 4 is 0 Å². The molecule has 0 aliphatic heterocycles. The molecule has 112 valence electrons. The van der Waals surface area contributed by atoms with E-state index in [4.69, 9.17) is 4.74 Å². The van der Waals surface area contributed by atoms with Crippen LogP contribution in [0.4, 0.5) is 0 Å². The second-order valence-electron chi connectivity index (χ2n) is 6.78. The zero-order valence-electron chi connectivity index (χ0n) is 13.2. The van der Waals surface area contributed by atoms with Crippen molar-refractivity contribution in [3.63, 3.8) is 0 Å². The maximum atomic E-state index is 11.1.